The molecule has 0 saturated carbocycles. The maximum atomic E-state index is 6.24. The van der Waals surface area contributed by atoms with E-state index < -0.39 is 0 Å². The highest BCUT2D eigenvalue weighted by molar-refractivity contribution is 5.58. The van der Waals surface area contributed by atoms with Gasteiger partial charge in [0, 0.05) is 23.8 Å². The predicted molar refractivity (Wildman–Crippen MR) is 96.6 cm³/mol. The van der Waals surface area contributed by atoms with Crippen molar-refractivity contribution in [2.75, 3.05) is 19.0 Å². The van der Waals surface area contributed by atoms with Crippen molar-refractivity contribution in [1.29, 1.82) is 0 Å². The first-order valence-electron chi connectivity index (χ1n) is 8.95. The Kier molecular flexibility index (Phi) is 4.19. The molecule has 0 amide bonds. The van der Waals surface area contributed by atoms with Crippen LogP contribution in [0.5, 0.6) is 5.75 Å². The van der Waals surface area contributed by atoms with Crippen LogP contribution >= 0.6 is 0 Å². The third kappa shape index (κ3) is 2.67. The summed E-state index contributed by atoms with van der Waals surface area (Å²) in [6.07, 6.45) is 3.60. The Hall–Kier alpha value is -2.00. The standard InChI is InChI=1S/C21H25NO2/c1-3-14-6-11-19-18(13-14)21-17(5-4-12-24-21)20(22-19)15-7-9-16(23-2)10-8-15/h6-11,13,17,20-22H,3-5,12H2,1-2H3/t17-,20?,21-/m0/s1. The third-order valence-corrected chi connectivity index (χ3v) is 5.41. The molecule has 3 heteroatoms. The number of aryl methyl sites for hydroxylation is 1. The molecule has 2 aliphatic heterocycles. The second kappa shape index (κ2) is 6.48. The molecule has 2 aromatic carbocycles. The summed E-state index contributed by atoms with van der Waals surface area (Å²) in [4.78, 5) is 0. The fourth-order valence-electron chi connectivity index (χ4n) is 4.08. The molecule has 0 aliphatic carbocycles. The molecule has 4 rings (SSSR count). The second-order valence-corrected chi connectivity index (χ2v) is 6.77. The average Bonchev–Trinajstić information content (AvgIpc) is 2.67. The van der Waals surface area contributed by atoms with E-state index in [1.165, 1.54) is 28.8 Å². The number of hydrogen-bond acceptors (Lipinski definition) is 3. The Balaban J connectivity index is 1.72. The molecule has 0 spiro atoms. The van der Waals surface area contributed by atoms with Crippen LogP contribution in [0.25, 0.3) is 0 Å². The fraction of sp³-hybridized carbons (Fsp3) is 0.429. The van der Waals surface area contributed by atoms with Crippen molar-refractivity contribution in [2.45, 2.75) is 38.3 Å². The summed E-state index contributed by atoms with van der Waals surface area (Å²) in [6.45, 7) is 3.07. The maximum Gasteiger partial charge on any atom is 0.118 e. The summed E-state index contributed by atoms with van der Waals surface area (Å²) in [7, 11) is 1.71. The van der Waals surface area contributed by atoms with Gasteiger partial charge in [-0.05, 0) is 48.6 Å². The van der Waals surface area contributed by atoms with E-state index in [2.05, 4.69) is 42.6 Å². The Bertz CT molecular complexity index is 710. The molecule has 0 bridgehead atoms. The molecular weight excluding hydrogens is 298 g/mol. The van der Waals surface area contributed by atoms with Crippen molar-refractivity contribution in [1.82, 2.24) is 0 Å². The molecule has 0 radical (unpaired) electrons. The first kappa shape index (κ1) is 15.5. The van der Waals surface area contributed by atoms with Crippen molar-refractivity contribution >= 4 is 5.69 Å². The van der Waals surface area contributed by atoms with Crippen LogP contribution < -0.4 is 10.1 Å². The van der Waals surface area contributed by atoms with Gasteiger partial charge in [-0.1, -0.05) is 31.2 Å². The molecule has 1 saturated heterocycles. The van der Waals surface area contributed by atoms with Gasteiger partial charge in [0.1, 0.15) is 5.75 Å². The molecule has 3 nitrogen and oxygen atoms in total. The number of methoxy groups -OCH3 is 1. The van der Waals surface area contributed by atoms with Gasteiger partial charge in [0.15, 0.2) is 0 Å². The molecule has 2 heterocycles. The van der Waals surface area contributed by atoms with Crippen LogP contribution in [0.2, 0.25) is 0 Å². The lowest BCUT2D eigenvalue weighted by Crippen LogP contribution is -2.36. The highest BCUT2D eigenvalue weighted by Gasteiger charge is 2.39. The maximum absolute atomic E-state index is 6.24. The first-order valence-corrected chi connectivity index (χ1v) is 8.95. The number of benzene rings is 2. The summed E-state index contributed by atoms with van der Waals surface area (Å²) in [5, 5.41) is 3.78. The number of ether oxygens (including phenoxy) is 2. The van der Waals surface area contributed by atoms with Crippen LogP contribution in [0.4, 0.5) is 5.69 Å². The van der Waals surface area contributed by atoms with E-state index in [0.29, 0.717) is 12.0 Å². The van der Waals surface area contributed by atoms with E-state index in [-0.39, 0.29) is 6.10 Å². The second-order valence-electron chi connectivity index (χ2n) is 6.77. The van der Waals surface area contributed by atoms with Crippen molar-refractivity contribution in [3.63, 3.8) is 0 Å². The molecule has 126 valence electrons. The molecule has 1 fully saturated rings. The topological polar surface area (TPSA) is 30.5 Å². The number of anilines is 1. The first-order chi connectivity index (χ1) is 11.8. The highest BCUT2D eigenvalue weighted by Crippen LogP contribution is 2.49. The number of fused-ring (bicyclic) bond motifs is 3. The van der Waals surface area contributed by atoms with Gasteiger partial charge in [-0.15, -0.1) is 0 Å². The summed E-state index contributed by atoms with van der Waals surface area (Å²) in [5.41, 5.74) is 5.24. The summed E-state index contributed by atoms with van der Waals surface area (Å²) >= 11 is 0. The zero-order chi connectivity index (χ0) is 16.5. The van der Waals surface area contributed by atoms with Gasteiger partial charge in [-0.3, -0.25) is 0 Å². The van der Waals surface area contributed by atoms with E-state index >= 15 is 0 Å². The number of rotatable bonds is 3. The van der Waals surface area contributed by atoms with Crippen LogP contribution in [0.15, 0.2) is 42.5 Å². The van der Waals surface area contributed by atoms with E-state index in [4.69, 9.17) is 9.47 Å². The van der Waals surface area contributed by atoms with Gasteiger partial charge < -0.3 is 14.8 Å². The number of nitrogens with one attached hydrogen (secondary N) is 1. The van der Waals surface area contributed by atoms with E-state index in [0.717, 1.165) is 25.2 Å². The summed E-state index contributed by atoms with van der Waals surface area (Å²) < 4.78 is 11.5. The minimum Gasteiger partial charge on any atom is -0.497 e. The molecule has 2 aromatic rings. The Morgan fingerprint density at radius 3 is 2.75 bits per heavy atom. The Morgan fingerprint density at radius 1 is 1.17 bits per heavy atom. The lowest BCUT2D eigenvalue weighted by molar-refractivity contribution is -0.0381. The van der Waals surface area contributed by atoms with Crippen LogP contribution in [0, 0.1) is 5.92 Å². The van der Waals surface area contributed by atoms with Crippen LogP contribution in [0.1, 0.15) is 48.6 Å². The van der Waals surface area contributed by atoms with Crippen molar-refractivity contribution in [3.8, 4) is 5.75 Å². The predicted octanol–water partition coefficient (Wildman–Crippen LogP) is 4.89. The Labute approximate surface area is 144 Å². The van der Waals surface area contributed by atoms with E-state index in [9.17, 15) is 0 Å². The van der Waals surface area contributed by atoms with Gasteiger partial charge in [0.25, 0.3) is 0 Å². The van der Waals surface area contributed by atoms with Crippen molar-refractivity contribution in [3.05, 3.63) is 59.2 Å². The normalized spacial score (nSPS) is 25.3. The summed E-state index contributed by atoms with van der Waals surface area (Å²) in [5.74, 6) is 1.38. The quantitative estimate of drug-likeness (QED) is 0.872. The Morgan fingerprint density at radius 2 is 2.00 bits per heavy atom. The lowest BCUT2D eigenvalue weighted by Gasteiger charge is -2.43. The molecule has 1 unspecified atom stereocenters. The molecule has 1 N–H and O–H groups in total. The summed E-state index contributed by atoms with van der Waals surface area (Å²) in [6, 6.07) is 15.5. The number of hydrogen-bond donors (Lipinski definition) is 1. The van der Waals surface area contributed by atoms with E-state index in [1.54, 1.807) is 7.11 Å². The molecule has 2 aliphatic rings. The molecular formula is C21H25NO2. The van der Waals surface area contributed by atoms with Gasteiger partial charge in [-0.2, -0.15) is 0 Å². The molecule has 3 atom stereocenters. The van der Waals surface area contributed by atoms with E-state index in [1.807, 2.05) is 12.1 Å². The lowest BCUT2D eigenvalue weighted by atomic mass is 9.77. The fourth-order valence-corrected chi connectivity index (χ4v) is 4.08. The smallest absolute Gasteiger partial charge is 0.118 e. The van der Waals surface area contributed by atoms with Crippen molar-refractivity contribution < 1.29 is 9.47 Å². The monoisotopic (exact) mass is 323 g/mol. The van der Waals surface area contributed by atoms with Gasteiger partial charge in [-0.25, -0.2) is 0 Å². The van der Waals surface area contributed by atoms with Crippen LogP contribution in [-0.4, -0.2) is 13.7 Å². The third-order valence-electron chi connectivity index (χ3n) is 5.41. The van der Waals surface area contributed by atoms with Gasteiger partial charge in [0.05, 0.1) is 19.3 Å². The molecule has 0 aromatic heterocycles. The zero-order valence-electron chi connectivity index (χ0n) is 14.4. The largest absolute Gasteiger partial charge is 0.497 e. The minimum absolute atomic E-state index is 0.202. The SMILES string of the molecule is CCc1ccc2c(c1)[C@H]1OCCC[C@H]1C(c1ccc(OC)cc1)N2. The average molecular weight is 323 g/mol. The van der Waals surface area contributed by atoms with Crippen LogP contribution in [-0.2, 0) is 11.2 Å². The zero-order valence-corrected chi connectivity index (χ0v) is 14.4. The highest BCUT2D eigenvalue weighted by atomic mass is 16.5. The minimum atomic E-state index is 0.202. The van der Waals surface area contributed by atoms with Gasteiger partial charge in [0.2, 0.25) is 0 Å². The van der Waals surface area contributed by atoms with Crippen molar-refractivity contribution in [2.24, 2.45) is 5.92 Å². The molecule has 24 heavy (non-hydrogen) atoms. The van der Waals surface area contributed by atoms with Crippen LogP contribution in [0.3, 0.4) is 0 Å². The van der Waals surface area contributed by atoms with Gasteiger partial charge >= 0.3 is 0 Å².